The highest BCUT2D eigenvalue weighted by atomic mass is 32.1. The summed E-state index contributed by atoms with van der Waals surface area (Å²) in [6, 6.07) is 49.6. The summed E-state index contributed by atoms with van der Waals surface area (Å²) in [5.41, 5.74) is 7.48. The Bertz CT molecular complexity index is 3110. The van der Waals surface area contributed by atoms with Crippen molar-refractivity contribution in [3.63, 3.8) is 0 Å². The standard InChI is InChI=1S/C43H25N5S/c1-2-11-27-24-28(20-19-26(27)10-1)40-39-33-15-5-8-18-37(33)49-42(39)46-43(45-40)48-35-17-7-4-14-32(35)38-36(48)22-21-31-30-13-3-6-16-34(30)47(41(31)38)29-12-9-23-44-25-29/h1-25H. The van der Waals surface area contributed by atoms with Crippen LogP contribution in [0.15, 0.2) is 152 Å². The van der Waals surface area contributed by atoms with Crippen molar-refractivity contribution in [2.24, 2.45) is 0 Å². The molecule has 6 heteroatoms. The van der Waals surface area contributed by atoms with E-state index in [1.807, 2.05) is 18.5 Å². The van der Waals surface area contributed by atoms with Crippen LogP contribution in [0, 0.1) is 0 Å². The molecule has 5 heterocycles. The van der Waals surface area contributed by atoms with Crippen LogP contribution in [0.4, 0.5) is 0 Å². The number of benzene rings is 6. The van der Waals surface area contributed by atoms with Gasteiger partial charge in [0.05, 0.1) is 39.6 Å². The van der Waals surface area contributed by atoms with E-state index in [2.05, 4.69) is 148 Å². The molecule has 11 rings (SSSR count). The third-order valence-corrected chi connectivity index (χ3v) is 10.9. The molecule has 228 valence electrons. The largest absolute Gasteiger partial charge is 0.307 e. The Morgan fingerprint density at radius 2 is 1.27 bits per heavy atom. The third kappa shape index (κ3) is 3.77. The minimum atomic E-state index is 0.664. The quantitative estimate of drug-likeness (QED) is 0.192. The number of pyridine rings is 1. The van der Waals surface area contributed by atoms with E-state index in [0.717, 1.165) is 54.6 Å². The first-order valence-electron chi connectivity index (χ1n) is 16.4. The number of hydrogen-bond acceptors (Lipinski definition) is 4. The van der Waals surface area contributed by atoms with Crippen LogP contribution >= 0.6 is 11.3 Å². The second kappa shape index (κ2) is 10.1. The fourth-order valence-corrected chi connectivity index (χ4v) is 8.81. The molecule has 0 bridgehead atoms. The molecule has 49 heavy (non-hydrogen) atoms. The van der Waals surface area contributed by atoms with Gasteiger partial charge in [0.25, 0.3) is 0 Å². The molecule has 5 nitrogen and oxygen atoms in total. The topological polar surface area (TPSA) is 48.5 Å². The summed E-state index contributed by atoms with van der Waals surface area (Å²) >= 11 is 1.73. The molecule has 0 radical (unpaired) electrons. The van der Waals surface area contributed by atoms with Crippen LogP contribution in [0.5, 0.6) is 0 Å². The molecule has 0 atom stereocenters. The van der Waals surface area contributed by atoms with Gasteiger partial charge in [-0.1, -0.05) is 97.1 Å². The van der Waals surface area contributed by atoms with Crippen LogP contribution < -0.4 is 0 Å². The van der Waals surface area contributed by atoms with Gasteiger partial charge in [0.2, 0.25) is 5.95 Å². The van der Waals surface area contributed by atoms with E-state index in [4.69, 9.17) is 9.97 Å². The van der Waals surface area contributed by atoms with Crippen molar-refractivity contribution in [2.75, 3.05) is 0 Å². The van der Waals surface area contributed by atoms with Crippen LogP contribution in [0.25, 0.3) is 97.6 Å². The van der Waals surface area contributed by atoms with E-state index in [0.29, 0.717) is 5.95 Å². The minimum absolute atomic E-state index is 0.664. The molecule has 0 fully saturated rings. The zero-order chi connectivity index (χ0) is 32.1. The highest BCUT2D eigenvalue weighted by molar-refractivity contribution is 7.25. The second-order valence-corrected chi connectivity index (χ2v) is 13.5. The Morgan fingerprint density at radius 3 is 2.12 bits per heavy atom. The van der Waals surface area contributed by atoms with E-state index in [1.54, 1.807) is 11.3 Å². The Balaban J connectivity index is 1.29. The Labute approximate surface area is 284 Å². The summed E-state index contributed by atoms with van der Waals surface area (Å²) < 4.78 is 5.81. The molecular weight excluding hydrogens is 619 g/mol. The highest BCUT2D eigenvalue weighted by Crippen LogP contribution is 2.43. The van der Waals surface area contributed by atoms with Crippen LogP contribution in [0.1, 0.15) is 0 Å². The van der Waals surface area contributed by atoms with Crippen molar-refractivity contribution in [1.82, 2.24) is 24.1 Å². The Hall–Kier alpha value is -6.37. The van der Waals surface area contributed by atoms with E-state index in [1.165, 1.54) is 37.0 Å². The summed E-state index contributed by atoms with van der Waals surface area (Å²) in [6.45, 7) is 0. The van der Waals surface area contributed by atoms with Crippen molar-refractivity contribution in [3.8, 4) is 22.9 Å². The monoisotopic (exact) mass is 643 g/mol. The van der Waals surface area contributed by atoms with Gasteiger partial charge < -0.3 is 4.57 Å². The van der Waals surface area contributed by atoms with Crippen LogP contribution in [0.3, 0.4) is 0 Å². The molecule has 0 aliphatic carbocycles. The summed E-state index contributed by atoms with van der Waals surface area (Å²) in [5, 5.41) is 9.41. The molecule has 0 aliphatic heterocycles. The first kappa shape index (κ1) is 26.7. The molecule has 0 amide bonds. The molecule has 0 spiro atoms. The van der Waals surface area contributed by atoms with Gasteiger partial charge >= 0.3 is 0 Å². The summed E-state index contributed by atoms with van der Waals surface area (Å²) in [6.07, 6.45) is 3.77. The first-order chi connectivity index (χ1) is 24.3. The Kier molecular flexibility index (Phi) is 5.48. The molecule has 0 aliphatic rings. The minimum Gasteiger partial charge on any atom is -0.307 e. The van der Waals surface area contributed by atoms with Crippen molar-refractivity contribution in [1.29, 1.82) is 0 Å². The van der Waals surface area contributed by atoms with Gasteiger partial charge in [-0.05, 0) is 53.2 Å². The lowest BCUT2D eigenvalue weighted by Gasteiger charge is -2.11. The number of hydrogen-bond donors (Lipinski definition) is 0. The number of para-hydroxylation sites is 2. The zero-order valence-corrected chi connectivity index (χ0v) is 26.9. The van der Waals surface area contributed by atoms with Crippen LogP contribution in [-0.4, -0.2) is 24.1 Å². The van der Waals surface area contributed by atoms with Gasteiger partial charge in [-0.2, -0.15) is 0 Å². The van der Waals surface area contributed by atoms with E-state index < -0.39 is 0 Å². The van der Waals surface area contributed by atoms with Crippen molar-refractivity contribution >= 4 is 86.0 Å². The fraction of sp³-hybridized carbons (Fsp3) is 0. The number of nitrogens with zero attached hydrogens (tertiary/aromatic N) is 5. The number of fused-ring (bicyclic) bond motifs is 11. The maximum Gasteiger partial charge on any atom is 0.236 e. The molecule has 11 aromatic rings. The first-order valence-corrected chi connectivity index (χ1v) is 17.2. The van der Waals surface area contributed by atoms with Gasteiger partial charge in [-0.3, -0.25) is 9.55 Å². The summed E-state index contributed by atoms with van der Waals surface area (Å²) in [4.78, 5) is 16.3. The molecule has 5 aromatic heterocycles. The number of thiophene rings is 1. The van der Waals surface area contributed by atoms with Crippen LogP contribution in [0.2, 0.25) is 0 Å². The van der Waals surface area contributed by atoms with Gasteiger partial charge in [0, 0.05) is 48.8 Å². The SMILES string of the molecule is c1cncc(-n2c3ccccc3c3ccc4c(c5ccccc5n4-c4nc(-c5ccc6ccccc6c5)c5c(n4)sc4ccccc45)c32)c1. The van der Waals surface area contributed by atoms with Crippen molar-refractivity contribution in [2.45, 2.75) is 0 Å². The molecular formula is C43H25N5S. The van der Waals surface area contributed by atoms with Crippen LogP contribution in [-0.2, 0) is 0 Å². The third-order valence-electron chi connectivity index (χ3n) is 9.82. The number of rotatable bonds is 3. The number of aromatic nitrogens is 5. The van der Waals surface area contributed by atoms with Crippen molar-refractivity contribution in [3.05, 3.63) is 152 Å². The Morgan fingerprint density at radius 1 is 0.510 bits per heavy atom. The highest BCUT2D eigenvalue weighted by Gasteiger charge is 2.23. The van der Waals surface area contributed by atoms with Crippen molar-refractivity contribution < 1.29 is 0 Å². The zero-order valence-electron chi connectivity index (χ0n) is 26.1. The maximum atomic E-state index is 5.49. The van der Waals surface area contributed by atoms with E-state index in [-0.39, 0.29) is 0 Å². The molecule has 0 unspecified atom stereocenters. The summed E-state index contributed by atoms with van der Waals surface area (Å²) in [5.74, 6) is 0.664. The second-order valence-electron chi connectivity index (χ2n) is 12.5. The normalized spacial score (nSPS) is 12.1. The molecule has 0 N–H and O–H groups in total. The van der Waals surface area contributed by atoms with Gasteiger partial charge in [-0.15, -0.1) is 11.3 Å². The van der Waals surface area contributed by atoms with E-state index >= 15 is 0 Å². The maximum absolute atomic E-state index is 5.49. The molecule has 0 saturated carbocycles. The lowest BCUT2D eigenvalue weighted by Crippen LogP contribution is -2.02. The fourth-order valence-electron chi connectivity index (χ4n) is 7.74. The predicted octanol–water partition coefficient (Wildman–Crippen LogP) is 11.3. The smallest absolute Gasteiger partial charge is 0.236 e. The average Bonchev–Trinajstić information content (AvgIpc) is 3.82. The predicted molar refractivity (Wildman–Crippen MR) is 204 cm³/mol. The lowest BCUT2D eigenvalue weighted by molar-refractivity contribution is 1.02. The summed E-state index contributed by atoms with van der Waals surface area (Å²) in [7, 11) is 0. The van der Waals surface area contributed by atoms with Gasteiger partial charge in [0.1, 0.15) is 4.83 Å². The van der Waals surface area contributed by atoms with Gasteiger partial charge in [0.15, 0.2) is 0 Å². The lowest BCUT2D eigenvalue weighted by atomic mass is 10.0. The van der Waals surface area contributed by atoms with Gasteiger partial charge in [-0.25, -0.2) is 9.97 Å². The molecule has 6 aromatic carbocycles. The molecule has 0 saturated heterocycles. The van der Waals surface area contributed by atoms with E-state index in [9.17, 15) is 0 Å². The average molecular weight is 644 g/mol.